The van der Waals surface area contributed by atoms with Gasteiger partial charge in [-0.25, -0.2) is 9.37 Å². The van der Waals surface area contributed by atoms with Crippen molar-refractivity contribution in [2.75, 3.05) is 18.4 Å². The van der Waals surface area contributed by atoms with Crippen LogP contribution in [0.1, 0.15) is 58.3 Å². The first-order chi connectivity index (χ1) is 18.8. The second-order valence-corrected chi connectivity index (χ2v) is 11.7. The second-order valence-electron chi connectivity index (χ2n) is 10.7. The van der Waals surface area contributed by atoms with E-state index in [1.165, 1.54) is 4.90 Å². The number of nitriles is 1. The summed E-state index contributed by atoms with van der Waals surface area (Å²) in [6, 6.07) is 10.7. The average molecular weight is 554 g/mol. The summed E-state index contributed by atoms with van der Waals surface area (Å²) in [7, 11) is 0. The Morgan fingerprint density at radius 2 is 1.87 bits per heavy atom. The molecule has 39 heavy (non-hydrogen) atoms. The zero-order valence-electron chi connectivity index (χ0n) is 21.9. The number of carbonyl (C=O) groups excluding carboxylic acids is 3. The third-order valence-corrected chi connectivity index (χ3v) is 9.27. The van der Waals surface area contributed by atoms with Gasteiger partial charge < -0.3 is 20.3 Å². The van der Waals surface area contributed by atoms with Gasteiger partial charge in [0.25, 0.3) is 0 Å². The molecule has 2 aromatic rings. The van der Waals surface area contributed by atoms with Crippen molar-refractivity contribution in [3.8, 4) is 22.4 Å². The van der Waals surface area contributed by atoms with Crippen molar-refractivity contribution >= 4 is 34.3 Å². The van der Waals surface area contributed by atoms with Crippen molar-refractivity contribution in [1.82, 2.24) is 15.2 Å². The Kier molecular flexibility index (Phi) is 7.69. The number of likely N-dealkylation sites (tertiary alicyclic amines) is 1. The van der Waals surface area contributed by atoms with E-state index in [1.807, 2.05) is 36.4 Å². The lowest BCUT2D eigenvalue weighted by Gasteiger charge is -2.52. The van der Waals surface area contributed by atoms with Gasteiger partial charge in [-0.3, -0.25) is 14.4 Å². The molecule has 2 N–H and O–H groups in total. The van der Waals surface area contributed by atoms with Crippen LogP contribution in [0.25, 0.3) is 11.3 Å². The van der Waals surface area contributed by atoms with Crippen molar-refractivity contribution < 1.29 is 23.5 Å². The lowest BCUT2D eigenvalue weighted by atomic mass is 9.57. The number of benzene rings is 1. The number of anilines is 1. The molecule has 1 aromatic carbocycles. The number of esters is 1. The number of carbonyl (C=O) groups is 3. The standard InChI is InChI=1S/C28H32FN5O4S/c1-2-22(36)38-24-23(18-6-4-3-5-7-18)32-26(39-24)33-25(37)27-8-11-28(12-9-27,13-10-27)31-16-21(35)34-17-19(29)14-20(34)15-30/h3-7,19-20,31H,2,8-14,16-17H2,1H3,(H,32,33,37)/t19-,20-,27?,28?/m0/s1. The summed E-state index contributed by atoms with van der Waals surface area (Å²) >= 11 is 1.15. The van der Waals surface area contributed by atoms with Gasteiger partial charge in [0.05, 0.1) is 19.2 Å². The normalized spacial score (nSPS) is 27.7. The molecule has 9 nitrogen and oxygen atoms in total. The predicted molar refractivity (Wildman–Crippen MR) is 144 cm³/mol. The molecule has 3 saturated carbocycles. The number of halogens is 1. The minimum Gasteiger partial charge on any atom is -0.413 e. The van der Waals surface area contributed by atoms with Gasteiger partial charge in [0.15, 0.2) is 5.13 Å². The first-order valence-electron chi connectivity index (χ1n) is 13.4. The van der Waals surface area contributed by atoms with Crippen LogP contribution in [0.15, 0.2) is 30.3 Å². The molecular weight excluding hydrogens is 521 g/mol. The van der Waals surface area contributed by atoms with Crippen LogP contribution in [0.3, 0.4) is 0 Å². The van der Waals surface area contributed by atoms with E-state index in [-0.39, 0.29) is 49.3 Å². The van der Waals surface area contributed by atoms with Gasteiger partial charge in [-0.1, -0.05) is 48.6 Å². The molecule has 1 saturated heterocycles. The fourth-order valence-corrected chi connectivity index (χ4v) is 6.80. The molecule has 206 valence electrons. The molecule has 4 fully saturated rings. The summed E-state index contributed by atoms with van der Waals surface area (Å²) in [6.45, 7) is 1.75. The Morgan fingerprint density at radius 3 is 2.51 bits per heavy atom. The van der Waals surface area contributed by atoms with Crippen molar-refractivity contribution in [2.45, 2.75) is 76.0 Å². The maximum atomic E-state index is 13.7. The molecule has 4 aliphatic rings. The highest BCUT2D eigenvalue weighted by molar-refractivity contribution is 7.18. The number of thiazole rings is 1. The Balaban J connectivity index is 1.22. The zero-order valence-corrected chi connectivity index (χ0v) is 22.7. The van der Waals surface area contributed by atoms with Crippen molar-refractivity contribution in [1.29, 1.82) is 5.26 Å². The molecule has 2 bridgehead atoms. The second kappa shape index (κ2) is 11.0. The van der Waals surface area contributed by atoms with E-state index in [2.05, 4.69) is 15.6 Å². The number of nitrogens with zero attached hydrogens (tertiary/aromatic N) is 3. The first kappa shape index (κ1) is 27.2. The summed E-state index contributed by atoms with van der Waals surface area (Å²) < 4.78 is 19.3. The number of hydrogen-bond donors (Lipinski definition) is 2. The lowest BCUT2D eigenvalue weighted by molar-refractivity contribution is -0.135. The highest BCUT2D eigenvalue weighted by Crippen LogP contribution is 2.53. The molecule has 11 heteroatoms. The molecule has 0 unspecified atom stereocenters. The van der Waals surface area contributed by atoms with E-state index in [0.717, 1.165) is 36.2 Å². The third-order valence-electron chi connectivity index (χ3n) is 8.42. The Labute approximate surface area is 230 Å². The topological polar surface area (TPSA) is 124 Å². The number of rotatable bonds is 8. The van der Waals surface area contributed by atoms with E-state index in [9.17, 15) is 24.0 Å². The van der Waals surface area contributed by atoms with Crippen LogP contribution < -0.4 is 15.4 Å². The van der Waals surface area contributed by atoms with Gasteiger partial charge in [-0.2, -0.15) is 5.26 Å². The van der Waals surface area contributed by atoms with Gasteiger partial charge in [0, 0.05) is 29.4 Å². The van der Waals surface area contributed by atoms with Crippen LogP contribution in [0.2, 0.25) is 0 Å². The van der Waals surface area contributed by atoms with E-state index in [0.29, 0.717) is 35.2 Å². The smallest absolute Gasteiger partial charge is 0.311 e. The Morgan fingerprint density at radius 1 is 1.18 bits per heavy atom. The van der Waals surface area contributed by atoms with Crippen molar-refractivity contribution in [3.05, 3.63) is 30.3 Å². The maximum absolute atomic E-state index is 13.7. The highest BCUT2D eigenvalue weighted by atomic mass is 32.1. The fraction of sp³-hybridized carbons (Fsp3) is 0.536. The molecular formula is C28H32FN5O4S. The van der Waals surface area contributed by atoms with Crippen LogP contribution in [0.4, 0.5) is 9.52 Å². The SMILES string of the molecule is CCC(=O)Oc1sc(NC(=O)C23CCC(NCC(=O)N4C[C@@H](F)C[C@H]4C#N)(CC2)CC3)nc1-c1ccccc1. The molecule has 3 aliphatic carbocycles. The van der Waals surface area contributed by atoms with E-state index >= 15 is 0 Å². The maximum Gasteiger partial charge on any atom is 0.311 e. The number of ether oxygens (including phenoxy) is 1. The Bertz CT molecular complexity index is 1270. The predicted octanol–water partition coefficient (Wildman–Crippen LogP) is 4.21. The molecule has 0 spiro atoms. The van der Waals surface area contributed by atoms with Gasteiger partial charge in [-0.15, -0.1) is 0 Å². The van der Waals surface area contributed by atoms with Crippen LogP contribution in [0, 0.1) is 16.7 Å². The number of nitrogens with one attached hydrogen (secondary N) is 2. The number of amides is 2. The number of aromatic nitrogens is 1. The minimum absolute atomic E-state index is 0.0306. The summed E-state index contributed by atoms with van der Waals surface area (Å²) in [6.07, 6.45) is 3.39. The lowest BCUT2D eigenvalue weighted by Crippen LogP contribution is -2.59. The third kappa shape index (κ3) is 5.54. The quantitative estimate of drug-likeness (QED) is 0.469. The molecule has 2 amide bonds. The van der Waals surface area contributed by atoms with E-state index < -0.39 is 17.6 Å². The molecule has 2 atom stereocenters. The number of alkyl halides is 1. The summed E-state index contributed by atoms with van der Waals surface area (Å²) in [5, 5.41) is 16.4. The molecule has 1 aromatic heterocycles. The van der Waals surface area contributed by atoms with Crippen molar-refractivity contribution in [3.63, 3.8) is 0 Å². The summed E-state index contributed by atoms with van der Waals surface area (Å²) in [4.78, 5) is 44.2. The summed E-state index contributed by atoms with van der Waals surface area (Å²) in [5.74, 6) is -0.711. The first-order valence-corrected chi connectivity index (χ1v) is 14.2. The van der Waals surface area contributed by atoms with Crippen LogP contribution in [-0.2, 0) is 14.4 Å². The zero-order chi connectivity index (χ0) is 27.6. The van der Waals surface area contributed by atoms with Crippen LogP contribution in [-0.4, -0.2) is 58.5 Å². The average Bonchev–Trinajstić information content (AvgIpc) is 3.55. The molecule has 2 heterocycles. The molecule has 6 rings (SSSR count). The van der Waals surface area contributed by atoms with E-state index in [4.69, 9.17) is 4.74 Å². The van der Waals surface area contributed by atoms with Crippen LogP contribution in [0.5, 0.6) is 5.06 Å². The van der Waals surface area contributed by atoms with E-state index in [1.54, 1.807) is 6.92 Å². The highest BCUT2D eigenvalue weighted by Gasteiger charge is 2.52. The van der Waals surface area contributed by atoms with Gasteiger partial charge >= 0.3 is 5.97 Å². The minimum atomic E-state index is -1.16. The molecule has 1 aliphatic heterocycles. The Hall–Kier alpha value is -3.36. The van der Waals surface area contributed by atoms with Crippen LogP contribution >= 0.6 is 11.3 Å². The van der Waals surface area contributed by atoms with Gasteiger partial charge in [0.1, 0.15) is 17.9 Å². The number of hydrogen-bond acceptors (Lipinski definition) is 8. The monoisotopic (exact) mass is 553 g/mol. The number of fused-ring (bicyclic) bond motifs is 3. The van der Waals surface area contributed by atoms with Gasteiger partial charge in [0.2, 0.25) is 16.9 Å². The summed E-state index contributed by atoms with van der Waals surface area (Å²) in [5.41, 5.74) is 0.557. The largest absolute Gasteiger partial charge is 0.413 e. The van der Waals surface area contributed by atoms with Crippen molar-refractivity contribution in [2.24, 2.45) is 5.41 Å². The molecule has 0 radical (unpaired) electrons. The van der Waals surface area contributed by atoms with Gasteiger partial charge in [-0.05, 0) is 38.5 Å². The fourth-order valence-electron chi connectivity index (χ4n) is 5.95.